The van der Waals surface area contributed by atoms with E-state index in [2.05, 4.69) is 21.9 Å². The highest BCUT2D eigenvalue weighted by molar-refractivity contribution is 5.95. The minimum atomic E-state index is -0.375. The van der Waals surface area contributed by atoms with Crippen LogP contribution in [0.15, 0.2) is 18.2 Å². The molecule has 1 amide bonds. The first kappa shape index (κ1) is 16.5. The summed E-state index contributed by atoms with van der Waals surface area (Å²) in [5.74, 6) is 5.47. The maximum absolute atomic E-state index is 12.0. The number of carbonyl (C=O) groups is 2. The number of ether oxygens (including phenoxy) is 2. The van der Waals surface area contributed by atoms with E-state index in [1.54, 1.807) is 18.2 Å². The second kappa shape index (κ2) is 8.61. The van der Waals surface area contributed by atoms with Gasteiger partial charge in [-0.25, -0.2) is 0 Å². The van der Waals surface area contributed by atoms with E-state index < -0.39 is 0 Å². The van der Waals surface area contributed by atoms with E-state index in [1.807, 2.05) is 0 Å². The van der Waals surface area contributed by atoms with E-state index in [0.717, 1.165) is 0 Å². The predicted octanol–water partition coefficient (Wildman–Crippen LogP) is 0.298. The number of benzene rings is 1. The predicted molar refractivity (Wildman–Crippen MR) is 77.9 cm³/mol. The lowest BCUT2D eigenvalue weighted by atomic mass is 10.1. The summed E-state index contributed by atoms with van der Waals surface area (Å²) in [6.07, 6.45) is 0.123. The van der Waals surface area contributed by atoms with E-state index in [1.165, 1.54) is 14.2 Å². The molecule has 0 aliphatic rings. The van der Waals surface area contributed by atoms with Gasteiger partial charge in [0.25, 0.3) is 5.91 Å². The van der Waals surface area contributed by atoms with E-state index in [9.17, 15) is 9.59 Å². The van der Waals surface area contributed by atoms with Crippen LogP contribution in [-0.2, 0) is 9.53 Å². The number of carbonyl (C=O) groups excluding carboxylic acids is 2. The van der Waals surface area contributed by atoms with Crippen molar-refractivity contribution in [3.05, 3.63) is 29.3 Å². The molecule has 112 valence electrons. The second-order valence-corrected chi connectivity index (χ2v) is 4.00. The van der Waals surface area contributed by atoms with Crippen LogP contribution in [0.25, 0.3) is 0 Å². The lowest BCUT2D eigenvalue weighted by Crippen LogP contribution is -2.26. The average Bonchev–Trinajstić information content (AvgIpc) is 2.52. The molecule has 0 atom stereocenters. The lowest BCUT2D eigenvalue weighted by Gasteiger charge is -2.07. The minimum Gasteiger partial charge on any atom is -0.495 e. The monoisotopic (exact) mass is 290 g/mol. The van der Waals surface area contributed by atoms with Gasteiger partial charge in [-0.1, -0.05) is 11.8 Å². The maximum Gasteiger partial charge on any atom is 0.307 e. The summed E-state index contributed by atoms with van der Waals surface area (Å²) in [5, 5.41) is 2.63. The van der Waals surface area contributed by atoms with Crippen LogP contribution < -0.4 is 15.8 Å². The highest BCUT2D eigenvalue weighted by Gasteiger charge is 2.09. The van der Waals surface area contributed by atoms with Crippen molar-refractivity contribution < 1.29 is 19.1 Å². The third-order valence-corrected chi connectivity index (χ3v) is 2.63. The average molecular weight is 290 g/mol. The van der Waals surface area contributed by atoms with Crippen LogP contribution in [0, 0.1) is 11.8 Å². The summed E-state index contributed by atoms with van der Waals surface area (Å²) in [5.41, 5.74) is 6.35. The molecule has 0 bridgehead atoms. The van der Waals surface area contributed by atoms with Crippen LogP contribution in [0.1, 0.15) is 22.3 Å². The van der Waals surface area contributed by atoms with Gasteiger partial charge in [0.05, 0.1) is 32.7 Å². The van der Waals surface area contributed by atoms with Gasteiger partial charge in [0.2, 0.25) is 0 Å². The molecule has 0 radical (unpaired) electrons. The van der Waals surface area contributed by atoms with E-state index in [0.29, 0.717) is 16.9 Å². The number of methoxy groups -OCH3 is 2. The minimum absolute atomic E-state index is 0.123. The van der Waals surface area contributed by atoms with Crippen LogP contribution in [0.4, 0.5) is 0 Å². The van der Waals surface area contributed by atoms with E-state index >= 15 is 0 Å². The quantitative estimate of drug-likeness (QED) is 0.601. The van der Waals surface area contributed by atoms with Crippen molar-refractivity contribution in [3.8, 4) is 17.6 Å². The summed E-state index contributed by atoms with van der Waals surface area (Å²) in [6, 6.07) is 4.91. The number of nitrogens with one attached hydrogen (secondary N) is 1. The van der Waals surface area contributed by atoms with Gasteiger partial charge in [-0.2, -0.15) is 0 Å². The fourth-order valence-electron chi connectivity index (χ4n) is 1.58. The van der Waals surface area contributed by atoms with Crippen LogP contribution >= 0.6 is 0 Å². The van der Waals surface area contributed by atoms with Gasteiger partial charge in [-0.05, 0) is 18.2 Å². The lowest BCUT2D eigenvalue weighted by molar-refractivity contribution is -0.140. The zero-order valence-electron chi connectivity index (χ0n) is 12.1. The molecule has 0 aromatic heterocycles. The fraction of sp³-hybridized carbons (Fsp3) is 0.333. The molecule has 3 N–H and O–H groups in total. The van der Waals surface area contributed by atoms with Gasteiger partial charge < -0.3 is 20.5 Å². The number of amides is 1. The largest absolute Gasteiger partial charge is 0.495 e. The third-order valence-electron chi connectivity index (χ3n) is 2.63. The molecule has 0 saturated heterocycles. The smallest absolute Gasteiger partial charge is 0.307 e. The highest BCUT2D eigenvalue weighted by Crippen LogP contribution is 2.18. The van der Waals surface area contributed by atoms with Crippen molar-refractivity contribution >= 4 is 11.9 Å². The second-order valence-electron chi connectivity index (χ2n) is 4.00. The van der Waals surface area contributed by atoms with Crippen molar-refractivity contribution in [2.45, 2.75) is 6.42 Å². The molecule has 0 saturated carbocycles. The topological polar surface area (TPSA) is 90.6 Å². The summed E-state index contributed by atoms with van der Waals surface area (Å²) in [4.78, 5) is 22.9. The van der Waals surface area contributed by atoms with Crippen LogP contribution in [0.5, 0.6) is 5.75 Å². The van der Waals surface area contributed by atoms with Crippen molar-refractivity contribution in [2.75, 3.05) is 27.3 Å². The van der Waals surface area contributed by atoms with E-state index in [-0.39, 0.29) is 31.4 Å². The normalized spacial score (nSPS) is 9.29. The Morgan fingerprint density at radius 2 is 2.10 bits per heavy atom. The molecule has 1 rings (SSSR count). The molecule has 1 aromatic carbocycles. The number of rotatable bonds is 5. The Hall–Kier alpha value is -2.52. The molecule has 0 aliphatic heterocycles. The van der Waals surface area contributed by atoms with Crippen LogP contribution in [0.3, 0.4) is 0 Å². The first-order valence-corrected chi connectivity index (χ1v) is 6.34. The number of hydrogen-bond donors (Lipinski definition) is 2. The van der Waals surface area contributed by atoms with Crippen LogP contribution in [0.2, 0.25) is 0 Å². The molecule has 6 nitrogen and oxygen atoms in total. The molecule has 6 heteroatoms. The first-order valence-electron chi connectivity index (χ1n) is 6.34. The SMILES string of the molecule is COC(=O)CCNC(=O)c1ccc(OC)c(C#CCN)c1. The Morgan fingerprint density at radius 3 is 2.71 bits per heavy atom. The molecule has 0 heterocycles. The van der Waals surface area contributed by atoms with Crippen LogP contribution in [-0.4, -0.2) is 39.2 Å². The van der Waals surface area contributed by atoms with Crippen molar-refractivity contribution in [1.29, 1.82) is 0 Å². The highest BCUT2D eigenvalue weighted by atomic mass is 16.5. The third kappa shape index (κ3) is 5.16. The van der Waals surface area contributed by atoms with E-state index in [4.69, 9.17) is 10.5 Å². The zero-order valence-corrected chi connectivity index (χ0v) is 12.1. The Labute approximate surface area is 123 Å². The molecule has 0 aliphatic carbocycles. The van der Waals surface area contributed by atoms with Gasteiger partial charge in [0.1, 0.15) is 5.75 Å². The molecular formula is C15H18N2O4. The number of hydrogen-bond acceptors (Lipinski definition) is 5. The molecular weight excluding hydrogens is 272 g/mol. The van der Waals surface area contributed by atoms with Gasteiger partial charge >= 0.3 is 5.97 Å². The Kier molecular flexibility index (Phi) is 6.78. The van der Waals surface area contributed by atoms with Crippen molar-refractivity contribution in [3.63, 3.8) is 0 Å². The van der Waals surface area contributed by atoms with Gasteiger partial charge in [-0.3, -0.25) is 9.59 Å². The zero-order chi connectivity index (χ0) is 15.7. The number of nitrogens with two attached hydrogens (primary N) is 1. The molecule has 1 aromatic rings. The summed E-state index contributed by atoms with van der Waals surface area (Å²) >= 11 is 0. The molecule has 21 heavy (non-hydrogen) atoms. The van der Waals surface area contributed by atoms with Gasteiger partial charge in [0, 0.05) is 12.1 Å². The molecule has 0 unspecified atom stereocenters. The standard InChI is InChI=1S/C15H18N2O4/c1-20-13-6-5-12(10-11(13)4-3-8-16)15(19)17-9-7-14(18)21-2/h5-6,10H,7-9,16H2,1-2H3,(H,17,19). The van der Waals surface area contributed by atoms with Gasteiger partial charge in [-0.15, -0.1) is 0 Å². The summed E-state index contributed by atoms with van der Waals surface area (Å²) in [6.45, 7) is 0.431. The summed E-state index contributed by atoms with van der Waals surface area (Å²) < 4.78 is 9.66. The number of esters is 1. The fourth-order valence-corrected chi connectivity index (χ4v) is 1.58. The molecule has 0 spiro atoms. The van der Waals surface area contributed by atoms with Crippen molar-refractivity contribution in [2.24, 2.45) is 5.73 Å². The van der Waals surface area contributed by atoms with Gasteiger partial charge in [0.15, 0.2) is 0 Å². The molecule has 0 fully saturated rings. The Bertz CT molecular complexity index is 573. The maximum atomic E-state index is 12.0. The first-order chi connectivity index (χ1) is 10.1. The van der Waals surface area contributed by atoms with Crippen molar-refractivity contribution in [1.82, 2.24) is 5.32 Å². The Balaban J connectivity index is 2.78. The summed E-state index contributed by atoms with van der Waals surface area (Å²) in [7, 11) is 2.83. The Morgan fingerprint density at radius 1 is 1.33 bits per heavy atom.